The van der Waals surface area contributed by atoms with Gasteiger partial charge in [0.25, 0.3) is 0 Å². The first kappa shape index (κ1) is 22.1. The summed E-state index contributed by atoms with van der Waals surface area (Å²) in [6, 6.07) is 14.9. The summed E-state index contributed by atoms with van der Waals surface area (Å²) in [7, 11) is 0. The number of nitrogens with zero attached hydrogens (tertiary/aromatic N) is 4. The monoisotopic (exact) mass is 445 g/mol. The number of anilines is 2. The van der Waals surface area contributed by atoms with E-state index in [0.29, 0.717) is 44.2 Å². The van der Waals surface area contributed by atoms with Crippen LogP contribution in [0.25, 0.3) is 6.08 Å². The quantitative estimate of drug-likeness (QED) is 0.590. The molecule has 0 unspecified atom stereocenters. The number of piperazine rings is 1. The molecule has 2 heterocycles. The molecule has 1 aliphatic rings. The third kappa shape index (κ3) is 6.22. The minimum absolute atomic E-state index is 0.0719. The van der Waals surface area contributed by atoms with Crippen molar-refractivity contribution in [1.82, 2.24) is 14.9 Å². The van der Waals surface area contributed by atoms with Gasteiger partial charge in [-0.3, -0.25) is 9.59 Å². The Hall–Kier alpha value is -4.07. The lowest BCUT2D eigenvalue weighted by Crippen LogP contribution is -2.49. The van der Waals surface area contributed by atoms with Crippen LogP contribution in [0.4, 0.5) is 16.0 Å². The Morgan fingerprint density at radius 3 is 2.27 bits per heavy atom. The Bertz CT molecular complexity index is 1110. The molecule has 168 valence electrons. The van der Waals surface area contributed by atoms with Crippen LogP contribution in [0.1, 0.15) is 11.1 Å². The Kier molecular flexibility index (Phi) is 7.04. The van der Waals surface area contributed by atoms with Gasteiger partial charge in [-0.15, -0.1) is 0 Å². The zero-order chi connectivity index (χ0) is 23.0. The van der Waals surface area contributed by atoms with Gasteiger partial charge in [-0.05, 0) is 47.5 Å². The third-order valence-corrected chi connectivity index (χ3v) is 5.34. The lowest BCUT2D eigenvalue weighted by molar-refractivity contribution is -0.130. The smallest absolute Gasteiger partial charge is 0.248 e. The highest BCUT2D eigenvalue weighted by Gasteiger charge is 2.22. The predicted octanol–water partition coefficient (Wildman–Crippen LogP) is 3.16. The van der Waals surface area contributed by atoms with Crippen molar-refractivity contribution in [3.8, 4) is 0 Å². The number of amides is 2. The molecule has 1 aromatic heterocycles. The highest BCUT2D eigenvalue weighted by atomic mass is 19.1. The fourth-order valence-electron chi connectivity index (χ4n) is 3.53. The minimum atomic E-state index is -0.320. The van der Waals surface area contributed by atoms with Gasteiger partial charge >= 0.3 is 0 Å². The van der Waals surface area contributed by atoms with E-state index in [0.717, 1.165) is 11.1 Å². The molecule has 8 heteroatoms. The fraction of sp³-hybridized carbons (Fsp3) is 0.200. The number of hydrogen-bond acceptors (Lipinski definition) is 5. The summed E-state index contributed by atoms with van der Waals surface area (Å²) < 4.78 is 12.9. The molecule has 4 rings (SSSR count). The molecule has 0 bridgehead atoms. The molecule has 0 atom stereocenters. The van der Waals surface area contributed by atoms with Gasteiger partial charge < -0.3 is 15.1 Å². The maximum Gasteiger partial charge on any atom is 0.248 e. The van der Waals surface area contributed by atoms with Gasteiger partial charge in [0.05, 0.1) is 6.42 Å². The van der Waals surface area contributed by atoms with E-state index in [9.17, 15) is 14.0 Å². The zero-order valence-corrected chi connectivity index (χ0v) is 18.0. The summed E-state index contributed by atoms with van der Waals surface area (Å²) >= 11 is 0. The Morgan fingerprint density at radius 2 is 1.61 bits per heavy atom. The first-order chi connectivity index (χ1) is 16.1. The van der Waals surface area contributed by atoms with Crippen molar-refractivity contribution in [2.75, 3.05) is 36.4 Å². The van der Waals surface area contributed by atoms with Crippen LogP contribution in [0.3, 0.4) is 0 Å². The molecule has 2 aromatic carbocycles. The van der Waals surface area contributed by atoms with Gasteiger partial charge in [-0.1, -0.05) is 24.3 Å². The highest BCUT2D eigenvalue weighted by Crippen LogP contribution is 2.14. The van der Waals surface area contributed by atoms with Gasteiger partial charge in [-0.25, -0.2) is 14.4 Å². The predicted molar refractivity (Wildman–Crippen MR) is 125 cm³/mol. The van der Waals surface area contributed by atoms with Crippen LogP contribution in [0.2, 0.25) is 0 Å². The van der Waals surface area contributed by atoms with Crippen molar-refractivity contribution in [2.24, 2.45) is 0 Å². The molecular weight excluding hydrogens is 421 g/mol. The van der Waals surface area contributed by atoms with Crippen LogP contribution >= 0.6 is 0 Å². The van der Waals surface area contributed by atoms with Crippen molar-refractivity contribution in [2.45, 2.75) is 6.42 Å². The summed E-state index contributed by atoms with van der Waals surface area (Å²) in [6.07, 6.45) is 6.75. The molecule has 33 heavy (non-hydrogen) atoms. The van der Waals surface area contributed by atoms with Crippen LogP contribution in [-0.2, 0) is 16.0 Å². The fourth-order valence-corrected chi connectivity index (χ4v) is 3.53. The molecule has 0 spiro atoms. The number of rotatable bonds is 6. The summed E-state index contributed by atoms with van der Waals surface area (Å²) in [4.78, 5) is 37.2. The highest BCUT2D eigenvalue weighted by molar-refractivity contribution is 6.01. The molecular formula is C25H24FN5O2. The summed E-state index contributed by atoms with van der Waals surface area (Å²) in [5.41, 5.74) is 2.25. The minimum Gasteiger partial charge on any atom is -0.339 e. The molecule has 1 N–H and O–H groups in total. The zero-order valence-electron chi connectivity index (χ0n) is 18.0. The van der Waals surface area contributed by atoms with Crippen molar-refractivity contribution in [1.29, 1.82) is 0 Å². The largest absolute Gasteiger partial charge is 0.339 e. The molecule has 3 aromatic rings. The number of carbonyl (C=O) groups is 2. The summed E-state index contributed by atoms with van der Waals surface area (Å²) in [5.74, 6) is 0.153. The molecule has 1 fully saturated rings. The van der Waals surface area contributed by atoms with Gasteiger partial charge in [-0.2, -0.15) is 0 Å². The van der Waals surface area contributed by atoms with Crippen LogP contribution in [0, 0.1) is 5.82 Å². The average Bonchev–Trinajstić information content (AvgIpc) is 2.85. The van der Waals surface area contributed by atoms with Gasteiger partial charge in [0.15, 0.2) is 0 Å². The van der Waals surface area contributed by atoms with E-state index in [1.54, 1.807) is 48.8 Å². The lowest BCUT2D eigenvalue weighted by Gasteiger charge is -2.34. The number of halogens is 1. The lowest BCUT2D eigenvalue weighted by atomic mass is 10.1. The maximum absolute atomic E-state index is 12.9. The van der Waals surface area contributed by atoms with Crippen LogP contribution < -0.4 is 10.2 Å². The number of nitrogens with one attached hydrogen (secondary N) is 1. The van der Waals surface area contributed by atoms with Gasteiger partial charge in [0.2, 0.25) is 17.8 Å². The normalized spacial score (nSPS) is 13.8. The summed E-state index contributed by atoms with van der Waals surface area (Å²) in [6.45, 7) is 2.66. The van der Waals surface area contributed by atoms with E-state index in [1.165, 1.54) is 18.2 Å². The number of hydrogen-bond donors (Lipinski definition) is 1. The first-order valence-electron chi connectivity index (χ1n) is 10.7. The van der Waals surface area contributed by atoms with Crippen LogP contribution in [-0.4, -0.2) is 52.9 Å². The number of benzene rings is 2. The van der Waals surface area contributed by atoms with Crippen molar-refractivity contribution < 1.29 is 14.0 Å². The third-order valence-electron chi connectivity index (χ3n) is 5.34. The molecule has 1 saturated heterocycles. The molecule has 0 aliphatic carbocycles. The topological polar surface area (TPSA) is 78.4 Å². The standard InChI is InChI=1S/C25H24FN5O2/c26-21-7-2-19(3-8-21)6-11-23(32)29-22-9-4-20(5-10-22)18-24(33)30-14-16-31(17-15-30)25-27-12-1-13-28-25/h1-13H,14-18H2,(H,29,32)/b11-6+. The molecule has 2 amide bonds. The second-order valence-corrected chi connectivity index (χ2v) is 7.66. The number of aromatic nitrogens is 2. The van der Waals surface area contributed by atoms with E-state index in [-0.39, 0.29) is 17.6 Å². The van der Waals surface area contributed by atoms with E-state index in [2.05, 4.69) is 20.2 Å². The Morgan fingerprint density at radius 1 is 0.939 bits per heavy atom. The second kappa shape index (κ2) is 10.5. The second-order valence-electron chi connectivity index (χ2n) is 7.66. The van der Waals surface area contributed by atoms with Gasteiger partial charge in [0, 0.05) is 50.3 Å². The van der Waals surface area contributed by atoms with E-state index >= 15 is 0 Å². The average molecular weight is 445 g/mol. The van der Waals surface area contributed by atoms with Gasteiger partial charge in [0.1, 0.15) is 5.82 Å². The van der Waals surface area contributed by atoms with E-state index < -0.39 is 0 Å². The SMILES string of the molecule is O=C(/C=C/c1ccc(F)cc1)Nc1ccc(CC(=O)N2CCN(c3ncccn3)CC2)cc1. The Labute approximate surface area is 191 Å². The van der Waals surface area contributed by atoms with Crippen molar-refractivity contribution in [3.63, 3.8) is 0 Å². The van der Waals surface area contributed by atoms with Crippen molar-refractivity contribution >= 4 is 29.5 Å². The molecule has 1 aliphatic heterocycles. The van der Waals surface area contributed by atoms with Crippen molar-refractivity contribution in [3.05, 3.63) is 90.0 Å². The van der Waals surface area contributed by atoms with Crippen LogP contribution in [0.5, 0.6) is 0 Å². The van der Waals surface area contributed by atoms with E-state index in [4.69, 9.17) is 0 Å². The Balaban J connectivity index is 1.25. The van der Waals surface area contributed by atoms with Crippen LogP contribution in [0.15, 0.2) is 73.1 Å². The van der Waals surface area contributed by atoms with E-state index in [1.807, 2.05) is 17.0 Å². The molecule has 0 radical (unpaired) electrons. The maximum atomic E-state index is 12.9. The summed E-state index contributed by atoms with van der Waals surface area (Å²) in [5, 5.41) is 2.78. The molecule has 0 saturated carbocycles. The number of carbonyl (C=O) groups excluding carboxylic acids is 2. The first-order valence-corrected chi connectivity index (χ1v) is 10.7. The molecule has 7 nitrogen and oxygen atoms in total.